The van der Waals surface area contributed by atoms with Crippen molar-refractivity contribution in [1.82, 2.24) is 20.3 Å². The van der Waals surface area contributed by atoms with Gasteiger partial charge in [0.2, 0.25) is 0 Å². The largest absolute Gasteiger partial charge is 0.327 e. The predicted octanol–water partition coefficient (Wildman–Crippen LogP) is 3.77. The van der Waals surface area contributed by atoms with E-state index in [0.29, 0.717) is 18.5 Å². The number of aromatic amines is 1. The van der Waals surface area contributed by atoms with E-state index in [9.17, 15) is 10.1 Å². The second kappa shape index (κ2) is 6.88. The van der Waals surface area contributed by atoms with Crippen LogP contribution < -0.4 is 0 Å². The van der Waals surface area contributed by atoms with Crippen molar-refractivity contribution in [2.75, 3.05) is 0 Å². The van der Waals surface area contributed by atoms with E-state index in [2.05, 4.69) is 21.5 Å². The molecule has 4 aromatic rings. The SMILES string of the molecule is N#Cc1ccccc1CC1c2ccccc2C(=O)N1Cc1ccc2[nH]nnc2c1. The fourth-order valence-corrected chi connectivity index (χ4v) is 4.05. The summed E-state index contributed by atoms with van der Waals surface area (Å²) in [5.74, 6) is 0.0142. The molecule has 1 aliphatic rings. The molecule has 1 N–H and O–H groups in total. The van der Waals surface area contributed by atoms with E-state index in [1.807, 2.05) is 71.6 Å². The summed E-state index contributed by atoms with van der Waals surface area (Å²) >= 11 is 0. The molecule has 6 nitrogen and oxygen atoms in total. The molecule has 1 amide bonds. The van der Waals surface area contributed by atoms with Gasteiger partial charge in [-0.15, -0.1) is 5.10 Å². The number of nitrogens with zero attached hydrogens (tertiary/aromatic N) is 4. The van der Waals surface area contributed by atoms with Gasteiger partial charge < -0.3 is 4.90 Å². The Labute approximate surface area is 167 Å². The third kappa shape index (κ3) is 2.93. The van der Waals surface area contributed by atoms with Crippen molar-refractivity contribution < 1.29 is 4.79 Å². The van der Waals surface area contributed by atoms with Gasteiger partial charge in [-0.25, -0.2) is 0 Å². The Morgan fingerprint density at radius 2 is 1.90 bits per heavy atom. The maximum Gasteiger partial charge on any atom is 0.255 e. The van der Waals surface area contributed by atoms with Crippen molar-refractivity contribution in [1.29, 1.82) is 5.26 Å². The van der Waals surface area contributed by atoms with Crippen LogP contribution in [0.5, 0.6) is 0 Å². The number of fused-ring (bicyclic) bond motifs is 2. The van der Waals surface area contributed by atoms with E-state index < -0.39 is 0 Å². The topological polar surface area (TPSA) is 85.7 Å². The third-order valence-electron chi connectivity index (χ3n) is 5.48. The molecular weight excluding hydrogens is 362 g/mol. The monoisotopic (exact) mass is 379 g/mol. The van der Waals surface area contributed by atoms with Gasteiger partial charge in [0.25, 0.3) is 5.91 Å². The number of carbonyl (C=O) groups excluding carboxylic acids is 1. The van der Waals surface area contributed by atoms with Gasteiger partial charge in [0, 0.05) is 12.1 Å². The highest BCUT2D eigenvalue weighted by Crippen LogP contribution is 2.37. The van der Waals surface area contributed by atoms with Crippen LogP contribution in [0.1, 0.15) is 38.7 Å². The summed E-state index contributed by atoms with van der Waals surface area (Å²) in [7, 11) is 0. The fourth-order valence-electron chi connectivity index (χ4n) is 4.05. The number of carbonyl (C=O) groups is 1. The predicted molar refractivity (Wildman–Crippen MR) is 108 cm³/mol. The first kappa shape index (κ1) is 17.1. The number of H-pyrrole nitrogens is 1. The first-order chi connectivity index (χ1) is 14.2. The first-order valence-corrected chi connectivity index (χ1v) is 9.42. The van der Waals surface area contributed by atoms with Gasteiger partial charge in [0.1, 0.15) is 5.52 Å². The number of nitrogens with one attached hydrogen (secondary N) is 1. The fraction of sp³-hybridized carbons (Fsp3) is 0.130. The number of hydrogen-bond acceptors (Lipinski definition) is 4. The Hall–Kier alpha value is -3.98. The van der Waals surface area contributed by atoms with Crippen LogP contribution in [0.3, 0.4) is 0 Å². The molecule has 5 rings (SSSR count). The number of benzene rings is 3. The maximum absolute atomic E-state index is 13.2. The lowest BCUT2D eigenvalue weighted by molar-refractivity contribution is 0.0709. The smallest absolute Gasteiger partial charge is 0.255 e. The number of rotatable bonds is 4. The number of nitriles is 1. The van der Waals surface area contributed by atoms with Crippen molar-refractivity contribution in [3.63, 3.8) is 0 Å². The summed E-state index contributed by atoms with van der Waals surface area (Å²) in [6, 6.07) is 23.3. The zero-order valence-corrected chi connectivity index (χ0v) is 15.5. The van der Waals surface area contributed by atoms with E-state index in [1.165, 1.54) is 0 Å². The normalized spacial score (nSPS) is 15.5. The molecular formula is C23H17N5O. The second-order valence-electron chi connectivity index (χ2n) is 7.17. The van der Waals surface area contributed by atoms with E-state index in [0.717, 1.165) is 33.3 Å². The number of hydrogen-bond donors (Lipinski definition) is 1. The molecule has 1 aliphatic heterocycles. The van der Waals surface area contributed by atoms with Gasteiger partial charge >= 0.3 is 0 Å². The molecule has 0 bridgehead atoms. The molecule has 1 atom stereocenters. The van der Waals surface area contributed by atoms with Gasteiger partial charge in [-0.05, 0) is 47.4 Å². The molecule has 0 radical (unpaired) electrons. The number of amides is 1. The Kier molecular flexibility index (Phi) is 4.07. The Bertz CT molecular complexity index is 1270. The van der Waals surface area contributed by atoms with Crippen LogP contribution in [0, 0.1) is 11.3 Å². The summed E-state index contributed by atoms with van der Waals surface area (Å²) in [5.41, 5.74) is 5.96. The van der Waals surface area contributed by atoms with Gasteiger partial charge in [0.05, 0.1) is 23.2 Å². The van der Waals surface area contributed by atoms with Crippen LogP contribution in [0.25, 0.3) is 11.0 Å². The molecule has 2 heterocycles. The van der Waals surface area contributed by atoms with E-state index >= 15 is 0 Å². The zero-order chi connectivity index (χ0) is 19.8. The van der Waals surface area contributed by atoms with Crippen molar-refractivity contribution in [2.45, 2.75) is 19.0 Å². The Morgan fingerprint density at radius 1 is 1.07 bits per heavy atom. The van der Waals surface area contributed by atoms with Gasteiger partial charge in [-0.1, -0.05) is 47.7 Å². The lowest BCUT2D eigenvalue weighted by atomic mass is 9.95. The highest BCUT2D eigenvalue weighted by Gasteiger charge is 2.36. The summed E-state index contributed by atoms with van der Waals surface area (Å²) < 4.78 is 0. The van der Waals surface area contributed by atoms with E-state index in [-0.39, 0.29) is 11.9 Å². The van der Waals surface area contributed by atoms with E-state index in [4.69, 9.17) is 0 Å². The molecule has 0 aliphatic carbocycles. The summed E-state index contributed by atoms with van der Waals surface area (Å²) in [6.07, 6.45) is 0.596. The molecule has 6 heteroatoms. The lowest BCUT2D eigenvalue weighted by Crippen LogP contribution is -2.29. The highest BCUT2D eigenvalue weighted by molar-refractivity contribution is 5.99. The Balaban J connectivity index is 1.53. The van der Waals surface area contributed by atoms with Crippen LogP contribution in [-0.2, 0) is 13.0 Å². The van der Waals surface area contributed by atoms with Crippen LogP contribution in [-0.4, -0.2) is 26.2 Å². The minimum Gasteiger partial charge on any atom is -0.327 e. The number of aromatic nitrogens is 3. The lowest BCUT2D eigenvalue weighted by Gasteiger charge is -2.26. The van der Waals surface area contributed by atoms with Crippen molar-refractivity contribution in [2.24, 2.45) is 0 Å². The zero-order valence-electron chi connectivity index (χ0n) is 15.5. The van der Waals surface area contributed by atoms with Crippen LogP contribution in [0.2, 0.25) is 0 Å². The van der Waals surface area contributed by atoms with Crippen LogP contribution >= 0.6 is 0 Å². The standard InChI is InChI=1S/C23H17N5O/c24-13-17-6-2-1-5-16(17)12-22-18-7-3-4-8-19(18)23(29)28(22)14-15-9-10-20-21(11-15)26-27-25-20/h1-11,22H,12,14H2,(H,25,26,27). The summed E-state index contributed by atoms with van der Waals surface area (Å²) in [4.78, 5) is 15.1. The van der Waals surface area contributed by atoms with Gasteiger partial charge in [0.15, 0.2) is 0 Å². The molecule has 1 aromatic heterocycles. The minimum atomic E-state index is -0.124. The van der Waals surface area contributed by atoms with Crippen LogP contribution in [0.4, 0.5) is 0 Å². The molecule has 140 valence electrons. The summed E-state index contributed by atoms with van der Waals surface area (Å²) in [5, 5.41) is 20.2. The average Bonchev–Trinajstić information content (AvgIpc) is 3.33. The van der Waals surface area contributed by atoms with Crippen LogP contribution in [0.15, 0.2) is 66.7 Å². The van der Waals surface area contributed by atoms with Gasteiger partial charge in [-0.2, -0.15) is 5.26 Å². The van der Waals surface area contributed by atoms with Gasteiger partial charge in [-0.3, -0.25) is 9.89 Å². The third-order valence-corrected chi connectivity index (χ3v) is 5.48. The average molecular weight is 379 g/mol. The molecule has 1 unspecified atom stereocenters. The van der Waals surface area contributed by atoms with Crippen molar-refractivity contribution in [3.8, 4) is 6.07 Å². The molecule has 29 heavy (non-hydrogen) atoms. The Morgan fingerprint density at radius 3 is 2.79 bits per heavy atom. The van der Waals surface area contributed by atoms with Crippen molar-refractivity contribution in [3.05, 3.63) is 94.5 Å². The molecule has 3 aromatic carbocycles. The first-order valence-electron chi connectivity index (χ1n) is 9.42. The highest BCUT2D eigenvalue weighted by atomic mass is 16.2. The summed E-state index contributed by atoms with van der Waals surface area (Å²) in [6.45, 7) is 0.468. The quantitative estimate of drug-likeness (QED) is 0.585. The maximum atomic E-state index is 13.2. The second-order valence-corrected chi connectivity index (χ2v) is 7.17. The minimum absolute atomic E-state index is 0.0142. The molecule has 0 saturated heterocycles. The van der Waals surface area contributed by atoms with Crippen molar-refractivity contribution >= 4 is 16.9 Å². The van der Waals surface area contributed by atoms with E-state index in [1.54, 1.807) is 0 Å². The molecule has 0 saturated carbocycles. The molecule has 0 spiro atoms. The molecule has 0 fully saturated rings.